The van der Waals surface area contributed by atoms with Crippen LogP contribution in [0.25, 0.3) is 0 Å². The van der Waals surface area contributed by atoms with E-state index in [1.807, 2.05) is 32.0 Å². The Morgan fingerprint density at radius 1 is 1.30 bits per heavy atom. The number of hydrogen-bond donors (Lipinski definition) is 1. The van der Waals surface area contributed by atoms with Crippen LogP contribution in [0.3, 0.4) is 0 Å². The summed E-state index contributed by atoms with van der Waals surface area (Å²) < 4.78 is 5.81. The molecule has 6 nitrogen and oxygen atoms in total. The summed E-state index contributed by atoms with van der Waals surface area (Å²) in [5.41, 5.74) is 1.83. The predicted octanol–water partition coefficient (Wildman–Crippen LogP) is 2.50. The number of amides is 2. The van der Waals surface area contributed by atoms with Gasteiger partial charge in [-0.3, -0.25) is 9.69 Å². The Balaban J connectivity index is 1.85. The first-order chi connectivity index (χ1) is 11.0. The second-order valence-corrected chi connectivity index (χ2v) is 6.42. The van der Waals surface area contributed by atoms with E-state index in [0.29, 0.717) is 25.3 Å². The van der Waals surface area contributed by atoms with Gasteiger partial charge in [0.1, 0.15) is 11.9 Å². The Morgan fingerprint density at radius 3 is 2.83 bits per heavy atom. The molecule has 6 heteroatoms. The number of urea groups is 1. The van der Waals surface area contributed by atoms with E-state index >= 15 is 0 Å². The van der Waals surface area contributed by atoms with Crippen molar-refractivity contribution in [2.45, 2.75) is 32.8 Å². The third-order valence-corrected chi connectivity index (χ3v) is 4.45. The number of carboxylic acids is 1. The van der Waals surface area contributed by atoms with E-state index in [-0.39, 0.29) is 18.7 Å². The molecule has 0 saturated carbocycles. The predicted molar refractivity (Wildman–Crippen MR) is 85.9 cm³/mol. The fourth-order valence-electron chi connectivity index (χ4n) is 3.25. The molecule has 0 radical (unpaired) electrons. The molecule has 2 atom stereocenters. The quantitative estimate of drug-likeness (QED) is 0.863. The van der Waals surface area contributed by atoms with Crippen molar-refractivity contribution < 1.29 is 19.4 Å². The van der Waals surface area contributed by atoms with Crippen LogP contribution in [0.2, 0.25) is 0 Å². The Kier molecular flexibility index (Phi) is 4.15. The molecule has 1 fully saturated rings. The van der Waals surface area contributed by atoms with Crippen LogP contribution in [0.1, 0.15) is 25.3 Å². The highest BCUT2D eigenvalue weighted by molar-refractivity contribution is 5.94. The molecular formula is C17H22N2O4. The van der Waals surface area contributed by atoms with Crippen LogP contribution in [0.5, 0.6) is 5.75 Å². The van der Waals surface area contributed by atoms with Crippen LogP contribution in [0.4, 0.5) is 10.5 Å². The summed E-state index contributed by atoms with van der Waals surface area (Å²) >= 11 is 0. The molecule has 0 aromatic heterocycles. The van der Waals surface area contributed by atoms with Gasteiger partial charge in [-0.05, 0) is 44.4 Å². The van der Waals surface area contributed by atoms with Gasteiger partial charge in [-0.1, -0.05) is 6.07 Å². The number of carbonyl (C=O) groups excluding carboxylic acids is 1. The Hall–Kier alpha value is -2.24. The summed E-state index contributed by atoms with van der Waals surface area (Å²) in [5.74, 6) is -0.591. The lowest BCUT2D eigenvalue weighted by molar-refractivity contribution is -0.143. The highest BCUT2D eigenvalue weighted by atomic mass is 16.5. The standard InChI is InChI=1S/C17H22N2O4/c1-11-5-6-15-14(8-11)19(9-12(2)23-15)17(22)18-7-3-4-13(10-18)16(20)21/h5-6,8,12-13H,3-4,7,9-10H2,1-2H3,(H,20,21)/t12-,13-/m1/s1. The van der Waals surface area contributed by atoms with Crippen LogP contribution >= 0.6 is 0 Å². The average Bonchev–Trinajstić information content (AvgIpc) is 2.54. The number of benzene rings is 1. The number of ether oxygens (including phenoxy) is 1. The van der Waals surface area contributed by atoms with E-state index in [0.717, 1.165) is 17.7 Å². The third kappa shape index (κ3) is 3.11. The Labute approximate surface area is 135 Å². The molecule has 1 aromatic carbocycles. The molecule has 3 rings (SSSR count). The summed E-state index contributed by atoms with van der Waals surface area (Å²) in [6.45, 7) is 5.27. The van der Waals surface area contributed by atoms with Gasteiger partial charge in [-0.15, -0.1) is 0 Å². The topological polar surface area (TPSA) is 70.1 Å². The smallest absolute Gasteiger partial charge is 0.324 e. The number of anilines is 1. The zero-order valence-electron chi connectivity index (χ0n) is 13.5. The average molecular weight is 318 g/mol. The van der Waals surface area contributed by atoms with Gasteiger partial charge in [0.25, 0.3) is 0 Å². The number of aryl methyl sites for hydroxylation is 1. The molecule has 0 spiro atoms. The van der Waals surface area contributed by atoms with E-state index < -0.39 is 11.9 Å². The monoisotopic (exact) mass is 318 g/mol. The first-order valence-corrected chi connectivity index (χ1v) is 8.02. The molecule has 124 valence electrons. The van der Waals surface area contributed by atoms with Crippen LogP contribution in [0.15, 0.2) is 18.2 Å². The minimum absolute atomic E-state index is 0.0887. The van der Waals surface area contributed by atoms with Gasteiger partial charge >= 0.3 is 12.0 Å². The minimum Gasteiger partial charge on any atom is -0.487 e. The number of aliphatic carboxylic acids is 1. The number of nitrogens with zero attached hydrogens (tertiary/aromatic N) is 2. The number of carboxylic acid groups (broad SMARTS) is 1. The van der Waals surface area contributed by atoms with Crippen molar-refractivity contribution in [1.29, 1.82) is 0 Å². The molecule has 0 unspecified atom stereocenters. The lowest BCUT2D eigenvalue weighted by Gasteiger charge is -2.39. The summed E-state index contributed by atoms with van der Waals surface area (Å²) in [5, 5.41) is 9.21. The second kappa shape index (κ2) is 6.10. The number of fused-ring (bicyclic) bond motifs is 1. The molecule has 2 aliphatic heterocycles. The molecule has 23 heavy (non-hydrogen) atoms. The van der Waals surface area contributed by atoms with Crippen molar-refractivity contribution in [2.24, 2.45) is 5.92 Å². The van der Waals surface area contributed by atoms with Crippen molar-refractivity contribution in [3.63, 3.8) is 0 Å². The molecule has 2 aliphatic rings. The number of carbonyl (C=O) groups is 2. The van der Waals surface area contributed by atoms with E-state index in [1.54, 1.807) is 9.80 Å². The molecule has 0 bridgehead atoms. The van der Waals surface area contributed by atoms with Gasteiger partial charge in [0.05, 0.1) is 18.2 Å². The molecule has 2 amide bonds. The molecule has 2 heterocycles. The van der Waals surface area contributed by atoms with Gasteiger partial charge in [-0.2, -0.15) is 0 Å². The van der Waals surface area contributed by atoms with E-state index in [9.17, 15) is 14.7 Å². The molecule has 1 N–H and O–H groups in total. The summed E-state index contributed by atoms with van der Waals surface area (Å²) in [4.78, 5) is 27.5. The number of piperidine rings is 1. The largest absolute Gasteiger partial charge is 0.487 e. The normalized spacial score (nSPS) is 23.9. The van der Waals surface area contributed by atoms with Crippen LogP contribution < -0.4 is 9.64 Å². The van der Waals surface area contributed by atoms with E-state index in [1.165, 1.54) is 0 Å². The van der Waals surface area contributed by atoms with E-state index in [2.05, 4.69) is 0 Å². The second-order valence-electron chi connectivity index (χ2n) is 6.42. The maximum absolute atomic E-state index is 12.9. The maximum atomic E-state index is 12.9. The maximum Gasteiger partial charge on any atom is 0.324 e. The highest BCUT2D eigenvalue weighted by Gasteiger charge is 2.34. The minimum atomic E-state index is -0.825. The van der Waals surface area contributed by atoms with Crippen molar-refractivity contribution in [2.75, 3.05) is 24.5 Å². The van der Waals surface area contributed by atoms with Crippen LogP contribution in [0, 0.1) is 12.8 Å². The van der Waals surface area contributed by atoms with Gasteiger partial charge < -0.3 is 14.7 Å². The van der Waals surface area contributed by atoms with Crippen molar-refractivity contribution >= 4 is 17.7 Å². The Bertz CT molecular complexity index is 631. The first kappa shape index (κ1) is 15.6. The van der Waals surface area contributed by atoms with E-state index in [4.69, 9.17) is 4.74 Å². The van der Waals surface area contributed by atoms with Crippen molar-refractivity contribution in [1.82, 2.24) is 4.90 Å². The number of likely N-dealkylation sites (tertiary alicyclic amines) is 1. The van der Waals surface area contributed by atoms with Crippen LogP contribution in [-0.4, -0.2) is 47.7 Å². The van der Waals surface area contributed by atoms with Crippen molar-refractivity contribution in [3.8, 4) is 5.75 Å². The first-order valence-electron chi connectivity index (χ1n) is 8.02. The summed E-state index contributed by atoms with van der Waals surface area (Å²) in [6, 6.07) is 5.66. The number of rotatable bonds is 1. The van der Waals surface area contributed by atoms with Gasteiger partial charge in [-0.25, -0.2) is 4.79 Å². The molecule has 0 aliphatic carbocycles. The molecular weight excluding hydrogens is 296 g/mol. The van der Waals surface area contributed by atoms with Gasteiger partial charge in [0, 0.05) is 13.1 Å². The summed E-state index contributed by atoms with van der Waals surface area (Å²) in [6.07, 6.45) is 1.27. The summed E-state index contributed by atoms with van der Waals surface area (Å²) in [7, 11) is 0. The zero-order chi connectivity index (χ0) is 16.6. The molecule has 1 aromatic rings. The SMILES string of the molecule is Cc1ccc2c(c1)N(C(=O)N1CCC[C@@H](C(=O)O)C1)C[C@@H](C)O2. The lowest BCUT2D eigenvalue weighted by atomic mass is 9.98. The fourth-order valence-corrected chi connectivity index (χ4v) is 3.25. The third-order valence-electron chi connectivity index (χ3n) is 4.45. The fraction of sp³-hybridized carbons (Fsp3) is 0.529. The van der Waals surface area contributed by atoms with Crippen molar-refractivity contribution in [3.05, 3.63) is 23.8 Å². The lowest BCUT2D eigenvalue weighted by Crippen LogP contribution is -2.52. The molecule has 1 saturated heterocycles. The Morgan fingerprint density at radius 2 is 2.09 bits per heavy atom. The number of hydrogen-bond acceptors (Lipinski definition) is 3. The van der Waals surface area contributed by atoms with Gasteiger partial charge in [0.2, 0.25) is 0 Å². The zero-order valence-corrected chi connectivity index (χ0v) is 13.5. The highest BCUT2D eigenvalue weighted by Crippen LogP contribution is 2.35. The van der Waals surface area contributed by atoms with Crippen LogP contribution in [-0.2, 0) is 4.79 Å². The van der Waals surface area contributed by atoms with Gasteiger partial charge in [0.15, 0.2) is 0 Å².